The molecule has 0 saturated heterocycles. The number of hydrogen-bond acceptors (Lipinski definition) is 6. The fourth-order valence-corrected chi connectivity index (χ4v) is 4.78. The van der Waals surface area contributed by atoms with Crippen molar-refractivity contribution >= 4 is 44.8 Å². The van der Waals surface area contributed by atoms with Crippen LogP contribution in [0.4, 0.5) is 22.9 Å². The largest absolute Gasteiger partial charge is 0.510 e. The van der Waals surface area contributed by atoms with Crippen LogP contribution in [0.2, 0.25) is 0 Å². The molecule has 1 aliphatic rings. The summed E-state index contributed by atoms with van der Waals surface area (Å²) < 4.78 is 12.6. The third-order valence-corrected chi connectivity index (χ3v) is 6.50. The van der Waals surface area contributed by atoms with Gasteiger partial charge in [0.2, 0.25) is 0 Å². The van der Waals surface area contributed by atoms with Gasteiger partial charge >= 0.3 is 0 Å². The van der Waals surface area contributed by atoms with Crippen LogP contribution < -0.4 is 14.5 Å². The van der Waals surface area contributed by atoms with Crippen molar-refractivity contribution in [3.8, 4) is 11.5 Å². The third-order valence-electron chi connectivity index (χ3n) is 6.50. The van der Waals surface area contributed by atoms with Gasteiger partial charge in [-0.05, 0) is 55.2 Å². The number of benzene rings is 4. The maximum Gasteiger partial charge on any atom is 0.135 e. The summed E-state index contributed by atoms with van der Waals surface area (Å²) in [5, 5.41) is 2.02. The van der Waals surface area contributed by atoms with Gasteiger partial charge in [-0.2, -0.15) is 12.7 Å². The molecule has 6 nitrogen and oxygen atoms in total. The summed E-state index contributed by atoms with van der Waals surface area (Å²) in [7, 11) is 1.99. The normalized spacial score (nSPS) is 12.6. The van der Waals surface area contributed by atoms with Crippen molar-refractivity contribution < 1.29 is 30.2 Å². The van der Waals surface area contributed by atoms with Crippen molar-refractivity contribution in [1.29, 1.82) is 0 Å². The number of rotatable bonds is 6. The van der Waals surface area contributed by atoms with E-state index in [1.807, 2.05) is 132 Å². The number of hydrogen-bond donors (Lipinski definition) is 0. The van der Waals surface area contributed by atoms with Crippen molar-refractivity contribution in [1.82, 2.24) is 9.88 Å². The van der Waals surface area contributed by atoms with Crippen LogP contribution in [0.3, 0.4) is 0 Å². The zero-order chi connectivity index (χ0) is 26.2. The van der Waals surface area contributed by atoms with Gasteiger partial charge in [-0.1, -0.05) is 65.3 Å². The van der Waals surface area contributed by atoms with Gasteiger partial charge in [-0.15, -0.1) is 24.3 Å². The Hall–Kier alpha value is -4.54. The monoisotopic (exact) mass is 702 g/mol. The van der Waals surface area contributed by atoms with E-state index in [2.05, 4.69) is 23.2 Å². The first-order valence-corrected chi connectivity index (χ1v) is 12.6. The van der Waals surface area contributed by atoms with Crippen molar-refractivity contribution in [2.24, 2.45) is 0 Å². The van der Waals surface area contributed by atoms with Crippen LogP contribution in [-0.2, 0) is 21.1 Å². The molecule has 0 atom stereocenters. The van der Waals surface area contributed by atoms with E-state index >= 15 is 0 Å². The number of para-hydroxylation sites is 2. The SMILES string of the molecule is CN1C=CN(c2[c-]c(Oc3[c-]c(N(c4ccccc4)c4ccccn4)ccc3)cc3oc4ccccc4c23)[CH-]1.[Pt]. The number of nitrogens with zero attached hydrogens (tertiary/aromatic N) is 4. The molecule has 0 bridgehead atoms. The molecule has 200 valence electrons. The average Bonchev–Trinajstić information content (AvgIpc) is 3.57. The van der Waals surface area contributed by atoms with E-state index in [-0.39, 0.29) is 21.1 Å². The molecule has 0 amide bonds. The number of anilines is 4. The molecule has 0 fully saturated rings. The molecule has 40 heavy (non-hydrogen) atoms. The average molecular weight is 703 g/mol. The summed E-state index contributed by atoms with van der Waals surface area (Å²) >= 11 is 0. The zero-order valence-corrected chi connectivity index (χ0v) is 23.7. The zero-order valence-electron chi connectivity index (χ0n) is 21.5. The van der Waals surface area contributed by atoms with Crippen molar-refractivity contribution in [3.05, 3.63) is 134 Å². The molecule has 0 N–H and O–H groups in total. The number of ether oxygens (including phenoxy) is 1. The second-order valence-corrected chi connectivity index (χ2v) is 9.17. The van der Waals surface area contributed by atoms with E-state index in [0.717, 1.165) is 44.8 Å². The van der Waals surface area contributed by atoms with Gasteiger partial charge in [0.05, 0.1) is 0 Å². The third kappa shape index (κ3) is 4.83. The smallest absolute Gasteiger partial charge is 0.135 e. The summed E-state index contributed by atoms with van der Waals surface area (Å²) in [6, 6.07) is 38.6. The van der Waals surface area contributed by atoms with E-state index < -0.39 is 0 Å². The first-order chi connectivity index (χ1) is 19.2. The van der Waals surface area contributed by atoms with Crippen LogP contribution in [0.25, 0.3) is 21.9 Å². The molecule has 0 aliphatic carbocycles. The van der Waals surface area contributed by atoms with Gasteiger partial charge in [0.1, 0.15) is 11.4 Å². The number of fused-ring (bicyclic) bond motifs is 3. The molecule has 2 aromatic heterocycles. The molecule has 1 aliphatic heterocycles. The van der Waals surface area contributed by atoms with E-state index in [1.165, 1.54) is 0 Å². The molecule has 0 spiro atoms. The molecule has 7 rings (SSSR count). The van der Waals surface area contributed by atoms with Gasteiger partial charge < -0.3 is 23.9 Å². The Labute approximate surface area is 247 Å². The van der Waals surface area contributed by atoms with Crippen molar-refractivity contribution in [2.75, 3.05) is 16.8 Å². The van der Waals surface area contributed by atoms with E-state index in [4.69, 9.17) is 9.15 Å². The van der Waals surface area contributed by atoms with Gasteiger partial charge in [0.25, 0.3) is 0 Å². The van der Waals surface area contributed by atoms with Crippen LogP contribution in [0.1, 0.15) is 0 Å². The van der Waals surface area contributed by atoms with Gasteiger partial charge in [0.15, 0.2) is 0 Å². The van der Waals surface area contributed by atoms with Crippen LogP contribution in [0.5, 0.6) is 11.5 Å². The Bertz CT molecular complexity index is 1760. The van der Waals surface area contributed by atoms with Crippen molar-refractivity contribution in [2.45, 2.75) is 0 Å². The predicted octanol–water partition coefficient (Wildman–Crippen LogP) is 8.18. The fraction of sp³-hybridized carbons (Fsp3) is 0.0303. The first kappa shape index (κ1) is 25.7. The van der Waals surface area contributed by atoms with Crippen LogP contribution in [-0.4, -0.2) is 16.9 Å². The Morgan fingerprint density at radius 2 is 1.65 bits per heavy atom. The number of furan rings is 1. The second-order valence-electron chi connectivity index (χ2n) is 9.17. The molecule has 4 aromatic carbocycles. The molecule has 3 heterocycles. The van der Waals surface area contributed by atoms with Crippen LogP contribution >= 0.6 is 0 Å². The second kappa shape index (κ2) is 10.9. The Morgan fingerprint density at radius 1 is 0.825 bits per heavy atom. The molecule has 0 radical (unpaired) electrons. The maximum absolute atomic E-state index is 6.38. The first-order valence-electron chi connectivity index (χ1n) is 12.6. The summed E-state index contributed by atoms with van der Waals surface area (Å²) in [6.07, 6.45) is 5.77. The Kier molecular flexibility index (Phi) is 7.02. The van der Waals surface area contributed by atoms with Crippen LogP contribution in [0.15, 0.2) is 120 Å². The molecule has 6 aromatic rings. The maximum atomic E-state index is 6.38. The van der Waals surface area contributed by atoms with E-state index in [1.54, 1.807) is 6.20 Å². The Balaban J connectivity index is 0.00000289. The predicted molar refractivity (Wildman–Crippen MR) is 154 cm³/mol. The number of aromatic nitrogens is 1. The van der Waals surface area contributed by atoms with Gasteiger partial charge in [-0.25, -0.2) is 4.98 Å². The Morgan fingerprint density at radius 3 is 2.45 bits per heavy atom. The minimum Gasteiger partial charge on any atom is -0.510 e. The summed E-state index contributed by atoms with van der Waals surface area (Å²) in [6.45, 7) is 1.99. The van der Waals surface area contributed by atoms with E-state index in [0.29, 0.717) is 11.5 Å². The topological polar surface area (TPSA) is 45.0 Å². The molecular weight excluding hydrogens is 679 g/mol. The summed E-state index contributed by atoms with van der Waals surface area (Å²) in [5.41, 5.74) is 4.18. The summed E-state index contributed by atoms with van der Waals surface area (Å²) in [4.78, 5) is 10.6. The number of pyridine rings is 1. The standard InChI is InChI=1S/C33H23N4O2.Pt/c1-35-18-19-36(23-35)29-21-27(22-31-33(29)28-14-5-6-15-30(28)39-31)38-26-13-9-12-25(20-26)37(24-10-3-2-4-11-24)32-16-7-8-17-34-32;/h2-19,22-23H,1H3;/q-3;. The van der Waals surface area contributed by atoms with Crippen LogP contribution in [0, 0.1) is 18.8 Å². The summed E-state index contributed by atoms with van der Waals surface area (Å²) in [5.74, 6) is 1.88. The van der Waals surface area contributed by atoms with E-state index in [9.17, 15) is 0 Å². The quantitative estimate of drug-likeness (QED) is 0.163. The molecule has 0 saturated carbocycles. The minimum absolute atomic E-state index is 0. The molecule has 0 unspecified atom stereocenters. The van der Waals surface area contributed by atoms with Gasteiger partial charge in [0, 0.05) is 50.0 Å². The molecular formula is C33H23N4O2Pt-3. The minimum atomic E-state index is 0. The molecule has 7 heteroatoms. The van der Waals surface area contributed by atoms with Gasteiger partial charge in [-0.3, -0.25) is 0 Å². The fourth-order valence-electron chi connectivity index (χ4n) is 4.78. The van der Waals surface area contributed by atoms with Crippen molar-refractivity contribution in [3.63, 3.8) is 0 Å².